The third kappa shape index (κ3) is 3.19. The fraction of sp³-hybridized carbons (Fsp3) is 0.923. The molecular formula is C13H23NO3. The van der Waals surface area contributed by atoms with Crippen LogP contribution in [0.3, 0.4) is 0 Å². The van der Waals surface area contributed by atoms with Crippen LogP contribution in [0.5, 0.6) is 0 Å². The van der Waals surface area contributed by atoms with E-state index >= 15 is 0 Å². The second kappa shape index (κ2) is 5.36. The molecule has 1 aliphatic heterocycles. The van der Waals surface area contributed by atoms with Gasteiger partial charge in [0.25, 0.3) is 0 Å². The molecule has 0 amide bonds. The van der Waals surface area contributed by atoms with Gasteiger partial charge in [-0.2, -0.15) is 0 Å². The minimum absolute atomic E-state index is 0.143. The molecule has 2 aliphatic rings. The van der Waals surface area contributed by atoms with Crippen molar-refractivity contribution in [2.45, 2.75) is 63.1 Å². The SMILES string of the molecule is COC(=O)CC(C)NC1CCOC2(CCC2)C1. The number of carbonyl (C=O) groups excluding carboxylic acids is 1. The molecule has 0 aromatic carbocycles. The van der Waals surface area contributed by atoms with Crippen LogP contribution in [0.25, 0.3) is 0 Å². The van der Waals surface area contributed by atoms with E-state index in [0.717, 1.165) is 19.4 Å². The summed E-state index contributed by atoms with van der Waals surface area (Å²) in [5.74, 6) is -0.143. The Kier molecular flexibility index (Phi) is 4.05. The molecule has 2 rings (SSSR count). The number of rotatable bonds is 4. The first-order valence-electron chi connectivity index (χ1n) is 6.60. The zero-order valence-corrected chi connectivity index (χ0v) is 10.8. The Hall–Kier alpha value is -0.610. The number of hydrogen-bond donors (Lipinski definition) is 1. The smallest absolute Gasteiger partial charge is 0.307 e. The van der Waals surface area contributed by atoms with E-state index in [4.69, 9.17) is 4.74 Å². The van der Waals surface area contributed by atoms with Crippen molar-refractivity contribution in [1.82, 2.24) is 5.32 Å². The average Bonchev–Trinajstić information content (AvgIpc) is 2.27. The van der Waals surface area contributed by atoms with Gasteiger partial charge in [-0.3, -0.25) is 4.79 Å². The fourth-order valence-corrected chi connectivity index (χ4v) is 2.88. The Bertz CT molecular complexity index is 276. The largest absolute Gasteiger partial charge is 0.469 e. The van der Waals surface area contributed by atoms with Crippen LogP contribution < -0.4 is 5.32 Å². The number of ether oxygens (including phenoxy) is 2. The van der Waals surface area contributed by atoms with Crippen LogP contribution in [0.1, 0.15) is 45.4 Å². The normalized spacial score (nSPS) is 28.5. The van der Waals surface area contributed by atoms with Crippen LogP contribution in [0.2, 0.25) is 0 Å². The maximum atomic E-state index is 11.2. The van der Waals surface area contributed by atoms with Gasteiger partial charge in [0.1, 0.15) is 0 Å². The third-order valence-electron chi connectivity index (χ3n) is 3.98. The molecule has 2 atom stereocenters. The highest BCUT2D eigenvalue weighted by Crippen LogP contribution is 2.42. The lowest BCUT2D eigenvalue weighted by molar-refractivity contribution is -0.142. The molecule has 1 saturated carbocycles. The summed E-state index contributed by atoms with van der Waals surface area (Å²) in [7, 11) is 1.44. The van der Waals surface area contributed by atoms with Gasteiger partial charge >= 0.3 is 5.97 Å². The van der Waals surface area contributed by atoms with Crippen molar-refractivity contribution >= 4 is 5.97 Å². The Morgan fingerprint density at radius 1 is 1.59 bits per heavy atom. The first-order chi connectivity index (χ1) is 8.13. The van der Waals surface area contributed by atoms with E-state index in [1.165, 1.54) is 26.4 Å². The van der Waals surface area contributed by atoms with Gasteiger partial charge in [-0.15, -0.1) is 0 Å². The molecule has 0 radical (unpaired) electrons. The minimum Gasteiger partial charge on any atom is -0.469 e. The third-order valence-corrected chi connectivity index (χ3v) is 3.98. The Morgan fingerprint density at radius 3 is 2.94 bits per heavy atom. The molecule has 17 heavy (non-hydrogen) atoms. The molecule has 0 bridgehead atoms. The van der Waals surface area contributed by atoms with Gasteiger partial charge in [-0.1, -0.05) is 0 Å². The van der Waals surface area contributed by atoms with Crippen molar-refractivity contribution in [1.29, 1.82) is 0 Å². The summed E-state index contributed by atoms with van der Waals surface area (Å²) in [6.07, 6.45) is 6.30. The highest BCUT2D eigenvalue weighted by atomic mass is 16.5. The second-order valence-corrected chi connectivity index (χ2v) is 5.42. The summed E-state index contributed by atoms with van der Waals surface area (Å²) < 4.78 is 10.6. The number of nitrogens with one attached hydrogen (secondary N) is 1. The first-order valence-corrected chi connectivity index (χ1v) is 6.60. The zero-order valence-electron chi connectivity index (χ0n) is 10.8. The molecular weight excluding hydrogens is 218 g/mol. The van der Waals surface area contributed by atoms with Gasteiger partial charge < -0.3 is 14.8 Å². The van der Waals surface area contributed by atoms with Crippen LogP contribution in [0.15, 0.2) is 0 Å². The molecule has 0 aromatic heterocycles. The summed E-state index contributed by atoms with van der Waals surface area (Å²) >= 11 is 0. The van der Waals surface area contributed by atoms with Gasteiger partial charge in [-0.05, 0) is 39.0 Å². The molecule has 4 nitrogen and oxygen atoms in total. The molecule has 2 unspecified atom stereocenters. The van der Waals surface area contributed by atoms with Crippen LogP contribution >= 0.6 is 0 Å². The van der Waals surface area contributed by atoms with E-state index in [2.05, 4.69) is 10.1 Å². The molecule has 1 saturated heterocycles. The molecule has 1 N–H and O–H groups in total. The first kappa shape index (κ1) is 12.8. The van der Waals surface area contributed by atoms with Crippen LogP contribution in [-0.4, -0.2) is 37.4 Å². The highest BCUT2D eigenvalue weighted by molar-refractivity contribution is 5.69. The van der Waals surface area contributed by atoms with E-state index in [1.54, 1.807) is 0 Å². The number of hydrogen-bond acceptors (Lipinski definition) is 4. The van der Waals surface area contributed by atoms with Crippen molar-refractivity contribution in [2.24, 2.45) is 0 Å². The standard InChI is InChI=1S/C13H23NO3/c1-10(8-12(15)16-2)14-11-4-7-17-13(9-11)5-3-6-13/h10-11,14H,3-9H2,1-2H3. The van der Waals surface area contributed by atoms with Crippen LogP contribution in [-0.2, 0) is 14.3 Å². The predicted molar refractivity (Wildman–Crippen MR) is 64.8 cm³/mol. The predicted octanol–water partition coefficient (Wildman–Crippen LogP) is 1.63. The van der Waals surface area contributed by atoms with Gasteiger partial charge in [0.15, 0.2) is 0 Å². The lowest BCUT2D eigenvalue weighted by Crippen LogP contribution is -2.52. The second-order valence-electron chi connectivity index (χ2n) is 5.42. The molecule has 0 aromatic rings. The van der Waals surface area contributed by atoms with Gasteiger partial charge in [0.05, 0.1) is 19.1 Å². The molecule has 1 heterocycles. The van der Waals surface area contributed by atoms with E-state index in [-0.39, 0.29) is 17.6 Å². The van der Waals surface area contributed by atoms with Crippen molar-refractivity contribution < 1.29 is 14.3 Å². The highest BCUT2D eigenvalue weighted by Gasteiger charge is 2.42. The summed E-state index contributed by atoms with van der Waals surface area (Å²) in [4.78, 5) is 11.2. The molecule has 98 valence electrons. The maximum Gasteiger partial charge on any atom is 0.307 e. The van der Waals surface area contributed by atoms with E-state index in [9.17, 15) is 4.79 Å². The summed E-state index contributed by atoms with van der Waals surface area (Å²) in [6.45, 7) is 2.89. The number of esters is 1. The summed E-state index contributed by atoms with van der Waals surface area (Å²) in [5, 5.41) is 3.53. The zero-order chi connectivity index (χ0) is 12.3. The maximum absolute atomic E-state index is 11.2. The Labute approximate surface area is 103 Å². The van der Waals surface area contributed by atoms with Gasteiger partial charge in [-0.25, -0.2) is 0 Å². The topological polar surface area (TPSA) is 47.6 Å². The molecule has 1 spiro atoms. The average molecular weight is 241 g/mol. The van der Waals surface area contributed by atoms with E-state index in [0.29, 0.717) is 12.5 Å². The quantitative estimate of drug-likeness (QED) is 0.760. The number of methoxy groups -OCH3 is 1. The van der Waals surface area contributed by atoms with E-state index in [1.807, 2.05) is 6.92 Å². The summed E-state index contributed by atoms with van der Waals surface area (Å²) in [5.41, 5.74) is 0.168. The van der Waals surface area contributed by atoms with Crippen molar-refractivity contribution in [3.05, 3.63) is 0 Å². The molecule has 4 heteroatoms. The lowest BCUT2D eigenvalue weighted by atomic mass is 9.74. The monoisotopic (exact) mass is 241 g/mol. The molecule has 1 aliphatic carbocycles. The van der Waals surface area contributed by atoms with E-state index < -0.39 is 0 Å². The lowest BCUT2D eigenvalue weighted by Gasteiger charge is -2.47. The molecule has 2 fully saturated rings. The Balaban J connectivity index is 1.76. The van der Waals surface area contributed by atoms with Gasteiger partial charge in [0.2, 0.25) is 0 Å². The minimum atomic E-state index is -0.143. The van der Waals surface area contributed by atoms with Crippen molar-refractivity contribution in [3.8, 4) is 0 Å². The number of carbonyl (C=O) groups is 1. The van der Waals surface area contributed by atoms with Crippen LogP contribution in [0.4, 0.5) is 0 Å². The van der Waals surface area contributed by atoms with Crippen LogP contribution in [0, 0.1) is 0 Å². The van der Waals surface area contributed by atoms with Crippen molar-refractivity contribution in [3.63, 3.8) is 0 Å². The Morgan fingerprint density at radius 2 is 2.35 bits per heavy atom. The fourth-order valence-electron chi connectivity index (χ4n) is 2.88. The van der Waals surface area contributed by atoms with Crippen molar-refractivity contribution in [2.75, 3.05) is 13.7 Å². The van der Waals surface area contributed by atoms with Gasteiger partial charge in [0, 0.05) is 18.7 Å². The summed E-state index contributed by atoms with van der Waals surface area (Å²) in [6, 6.07) is 0.673.